The summed E-state index contributed by atoms with van der Waals surface area (Å²) in [5.74, 6) is -0.118. The molecule has 8 nitrogen and oxygen atoms in total. The minimum absolute atomic E-state index is 0.0922. The van der Waals surface area contributed by atoms with Gasteiger partial charge in [0.25, 0.3) is 0 Å². The first-order valence-electron chi connectivity index (χ1n) is 12.6. The number of ether oxygens (including phenoxy) is 1. The van der Waals surface area contributed by atoms with E-state index in [1.54, 1.807) is 48.5 Å². The Kier molecular flexibility index (Phi) is 10.2. The third kappa shape index (κ3) is 8.10. The molecule has 3 rings (SSSR count). The van der Waals surface area contributed by atoms with Gasteiger partial charge in [0.15, 0.2) is 0 Å². The summed E-state index contributed by atoms with van der Waals surface area (Å²) in [4.78, 5) is 28.6. The highest BCUT2D eigenvalue weighted by atomic mass is 35.5. The zero-order valence-corrected chi connectivity index (χ0v) is 23.2. The maximum atomic E-state index is 13.8. The van der Waals surface area contributed by atoms with E-state index in [0.717, 1.165) is 48.2 Å². The molecule has 1 unspecified atom stereocenters. The second-order valence-electron chi connectivity index (χ2n) is 9.38. The van der Waals surface area contributed by atoms with E-state index in [1.807, 2.05) is 6.92 Å². The minimum Gasteiger partial charge on any atom is -0.497 e. The van der Waals surface area contributed by atoms with Gasteiger partial charge in [0.05, 0.1) is 19.1 Å². The number of carbonyl (C=O) groups is 2. The monoisotopic (exact) mass is 549 g/mol. The molecule has 2 aromatic rings. The van der Waals surface area contributed by atoms with Crippen LogP contribution in [0.25, 0.3) is 0 Å². The maximum absolute atomic E-state index is 13.8. The Labute approximate surface area is 225 Å². The number of halogens is 1. The number of nitrogens with zero attached hydrogens (tertiary/aromatic N) is 2. The van der Waals surface area contributed by atoms with Crippen molar-refractivity contribution in [1.29, 1.82) is 0 Å². The molecule has 0 heterocycles. The normalized spacial score (nSPS) is 15.0. The Balaban J connectivity index is 1.89. The second-order valence-corrected chi connectivity index (χ2v) is 11.7. The summed E-state index contributed by atoms with van der Waals surface area (Å²) >= 11 is 6.04. The number of carbonyl (C=O) groups excluding carboxylic acids is 2. The predicted molar refractivity (Wildman–Crippen MR) is 146 cm³/mol. The first-order valence-corrected chi connectivity index (χ1v) is 14.8. The number of anilines is 1. The van der Waals surface area contributed by atoms with Gasteiger partial charge in [0.2, 0.25) is 21.8 Å². The van der Waals surface area contributed by atoms with Crippen molar-refractivity contribution in [3.63, 3.8) is 0 Å². The highest BCUT2D eigenvalue weighted by Gasteiger charge is 2.32. The topological polar surface area (TPSA) is 96.0 Å². The lowest BCUT2D eigenvalue weighted by atomic mass is 9.95. The first kappa shape index (κ1) is 28.8. The Morgan fingerprint density at radius 3 is 2.22 bits per heavy atom. The molecule has 0 aromatic heterocycles. The van der Waals surface area contributed by atoms with Crippen LogP contribution in [0.3, 0.4) is 0 Å². The predicted octanol–water partition coefficient (Wildman–Crippen LogP) is 4.37. The molecular weight excluding hydrogens is 514 g/mol. The van der Waals surface area contributed by atoms with Crippen molar-refractivity contribution in [1.82, 2.24) is 10.2 Å². The molecular formula is C27H36ClN3O5S. The van der Waals surface area contributed by atoms with Gasteiger partial charge < -0.3 is 15.0 Å². The van der Waals surface area contributed by atoms with Crippen LogP contribution in [0.5, 0.6) is 5.75 Å². The molecule has 2 aromatic carbocycles. The van der Waals surface area contributed by atoms with Crippen molar-refractivity contribution in [3.8, 4) is 5.75 Å². The van der Waals surface area contributed by atoms with Crippen LogP contribution in [-0.2, 0) is 26.2 Å². The van der Waals surface area contributed by atoms with Crippen LogP contribution in [-0.4, -0.2) is 57.1 Å². The summed E-state index contributed by atoms with van der Waals surface area (Å²) < 4.78 is 31.6. The highest BCUT2D eigenvalue weighted by molar-refractivity contribution is 7.92. The van der Waals surface area contributed by atoms with Crippen LogP contribution in [0.15, 0.2) is 48.5 Å². The molecule has 202 valence electrons. The van der Waals surface area contributed by atoms with Crippen molar-refractivity contribution in [2.75, 3.05) is 24.2 Å². The molecule has 0 spiro atoms. The molecule has 0 radical (unpaired) electrons. The van der Waals surface area contributed by atoms with E-state index >= 15 is 0 Å². The molecule has 0 aliphatic heterocycles. The number of sulfonamides is 1. The van der Waals surface area contributed by atoms with Gasteiger partial charge in [-0.05, 0) is 61.2 Å². The van der Waals surface area contributed by atoms with Gasteiger partial charge in [-0.3, -0.25) is 13.9 Å². The molecule has 1 aliphatic carbocycles. The SMILES string of the molecule is CCC(C(=O)NC1CCCCC1)N(Cc1ccc(Cl)cc1)C(=O)CN(c1ccc(OC)cc1)S(C)(=O)=O. The number of benzene rings is 2. The molecule has 37 heavy (non-hydrogen) atoms. The summed E-state index contributed by atoms with van der Waals surface area (Å²) in [6.07, 6.45) is 6.60. The standard InChI is InChI=1S/C27H36ClN3O5S/c1-4-25(27(33)29-22-8-6-5-7-9-22)30(18-20-10-12-21(28)13-11-20)26(32)19-31(37(3,34)35)23-14-16-24(36-2)17-15-23/h10-17,22,25H,4-9,18-19H2,1-3H3,(H,29,33). The number of nitrogens with one attached hydrogen (secondary N) is 1. The van der Waals surface area contributed by atoms with Crippen molar-refractivity contribution < 1.29 is 22.7 Å². The number of hydrogen-bond acceptors (Lipinski definition) is 5. The van der Waals surface area contributed by atoms with Crippen LogP contribution < -0.4 is 14.4 Å². The number of hydrogen-bond donors (Lipinski definition) is 1. The van der Waals surface area contributed by atoms with Crippen molar-refractivity contribution in [3.05, 3.63) is 59.1 Å². The first-order chi connectivity index (χ1) is 17.6. The lowest BCUT2D eigenvalue weighted by Crippen LogP contribution is -2.53. The van der Waals surface area contributed by atoms with E-state index in [2.05, 4.69) is 5.32 Å². The number of rotatable bonds is 11. The van der Waals surface area contributed by atoms with Gasteiger partial charge in [0.1, 0.15) is 18.3 Å². The minimum atomic E-state index is -3.79. The third-order valence-corrected chi connectivity index (χ3v) is 8.04. The quantitative estimate of drug-likeness (QED) is 0.449. The van der Waals surface area contributed by atoms with Crippen LogP contribution in [0.2, 0.25) is 5.02 Å². The molecule has 1 N–H and O–H groups in total. The fraction of sp³-hybridized carbons (Fsp3) is 0.481. The zero-order chi connectivity index (χ0) is 27.0. The lowest BCUT2D eigenvalue weighted by Gasteiger charge is -2.34. The largest absolute Gasteiger partial charge is 0.497 e. The summed E-state index contributed by atoms with van der Waals surface area (Å²) in [7, 11) is -2.27. The van der Waals surface area contributed by atoms with Crippen LogP contribution in [0, 0.1) is 0 Å². The lowest BCUT2D eigenvalue weighted by molar-refractivity contribution is -0.140. The van der Waals surface area contributed by atoms with Gasteiger partial charge in [0, 0.05) is 17.6 Å². The summed E-state index contributed by atoms with van der Waals surface area (Å²) in [5.41, 5.74) is 1.12. The molecule has 0 saturated heterocycles. The van der Waals surface area contributed by atoms with Crippen LogP contribution >= 0.6 is 11.6 Å². The van der Waals surface area contributed by atoms with Crippen molar-refractivity contribution in [2.45, 2.75) is 64.1 Å². The maximum Gasteiger partial charge on any atom is 0.244 e. The number of amides is 2. The fourth-order valence-corrected chi connectivity index (χ4v) is 5.59. The summed E-state index contributed by atoms with van der Waals surface area (Å²) in [6.45, 7) is 1.56. The third-order valence-electron chi connectivity index (χ3n) is 6.64. The highest BCUT2D eigenvalue weighted by Crippen LogP contribution is 2.23. The van der Waals surface area contributed by atoms with Gasteiger partial charge in [-0.25, -0.2) is 8.42 Å². The average molecular weight is 550 g/mol. The van der Waals surface area contributed by atoms with E-state index in [0.29, 0.717) is 22.9 Å². The van der Waals surface area contributed by atoms with Gasteiger partial charge in [-0.2, -0.15) is 0 Å². The van der Waals surface area contributed by atoms with E-state index in [9.17, 15) is 18.0 Å². The Morgan fingerprint density at radius 2 is 1.68 bits per heavy atom. The smallest absolute Gasteiger partial charge is 0.244 e. The number of methoxy groups -OCH3 is 1. The summed E-state index contributed by atoms with van der Waals surface area (Å²) in [6, 6.07) is 12.8. The molecule has 2 amide bonds. The van der Waals surface area contributed by atoms with Crippen LogP contribution in [0.4, 0.5) is 5.69 Å². The van der Waals surface area contributed by atoms with E-state index in [1.165, 1.54) is 12.0 Å². The molecule has 1 saturated carbocycles. The molecule has 1 aliphatic rings. The average Bonchev–Trinajstić information content (AvgIpc) is 2.88. The second kappa shape index (κ2) is 13.1. The Hall–Kier alpha value is -2.78. The molecule has 1 atom stereocenters. The fourth-order valence-electron chi connectivity index (χ4n) is 4.61. The van der Waals surface area contributed by atoms with Crippen molar-refractivity contribution >= 4 is 39.1 Å². The molecule has 0 bridgehead atoms. The molecule has 10 heteroatoms. The molecule has 1 fully saturated rings. The van der Waals surface area contributed by atoms with Crippen molar-refractivity contribution in [2.24, 2.45) is 0 Å². The Bertz CT molecular complexity index is 1150. The van der Waals surface area contributed by atoms with E-state index in [-0.39, 0.29) is 18.5 Å². The van der Waals surface area contributed by atoms with Gasteiger partial charge >= 0.3 is 0 Å². The van der Waals surface area contributed by atoms with Gasteiger partial charge in [-0.15, -0.1) is 0 Å². The van der Waals surface area contributed by atoms with Crippen LogP contribution in [0.1, 0.15) is 51.0 Å². The Morgan fingerprint density at radius 1 is 1.05 bits per heavy atom. The zero-order valence-electron chi connectivity index (χ0n) is 21.7. The summed E-state index contributed by atoms with van der Waals surface area (Å²) in [5, 5.41) is 3.69. The van der Waals surface area contributed by atoms with E-state index < -0.39 is 28.5 Å². The van der Waals surface area contributed by atoms with Gasteiger partial charge in [-0.1, -0.05) is 49.9 Å². The van der Waals surface area contributed by atoms with E-state index in [4.69, 9.17) is 16.3 Å².